The first-order valence-corrected chi connectivity index (χ1v) is 10.0. The molecule has 2 rings (SSSR count). The van der Waals surface area contributed by atoms with Crippen molar-refractivity contribution >= 4 is 23.8 Å². The van der Waals surface area contributed by atoms with Gasteiger partial charge in [-0.1, -0.05) is 30.3 Å². The van der Waals surface area contributed by atoms with E-state index in [2.05, 4.69) is 10.6 Å². The van der Waals surface area contributed by atoms with E-state index in [0.717, 1.165) is 16.9 Å². The molecular formula is C23H29N3O4. The number of aryl methyl sites for hydroxylation is 2. The van der Waals surface area contributed by atoms with Crippen LogP contribution in [0.3, 0.4) is 0 Å². The number of carbonyl (C=O) groups is 3. The van der Waals surface area contributed by atoms with Crippen LogP contribution in [0.2, 0.25) is 0 Å². The number of benzene rings is 2. The Morgan fingerprint density at radius 3 is 2.50 bits per heavy atom. The van der Waals surface area contributed by atoms with Crippen LogP contribution in [-0.2, 0) is 20.8 Å². The van der Waals surface area contributed by atoms with Crippen LogP contribution >= 0.6 is 0 Å². The molecule has 0 aliphatic heterocycles. The highest BCUT2D eigenvalue weighted by atomic mass is 16.5. The Balaban J connectivity index is 2.10. The third-order valence-electron chi connectivity index (χ3n) is 4.63. The lowest BCUT2D eigenvalue weighted by atomic mass is 10.0. The summed E-state index contributed by atoms with van der Waals surface area (Å²) in [6.45, 7) is 4.36. The van der Waals surface area contributed by atoms with Crippen molar-refractivity contribution in [3.8, 4) is 5.75 Å². The molecule has 0 spiro atoms. The Morgan fingerprint density at radius 2 is 1.87 bits per heavy atom. The van der Waals surface area contributed by atoms with Crippen LogP contribution < -0.4 is 21.1 Å². The summed E-state index contributed by atoms with van der Waals surface area (Å²) in [7, 11) is 0. The molecule has 2 aromatic rings. The van der Waals surface area contributed by atoms with Crippen LogP contribution in [0.15, 0.2) is 48.5 Å². The van der Waals surface area contributed by atoms with E-state index in [4.69, 9.17) is 10.5 Å². The molecule has 0 bridgehead atoms. The van der Waals surface area contributed by atoms with E-state index in [1.54, 1.807) is 12.1 Å². The lowest BCUT2D eigenvalue weighted by Crippen LogP contribution is -2.50. The SMILES string of the molecule is CCOc1ccc(NC(=O)C(CCc2ccccc2)NC(=O)C(N)CC=O)cc1C. The summed E-state index contributed by atoms with van der Waals surface area (Å²) in [5, 5.41) is 5.52. The lowest BCUT2D eigenvalue weighted by molar-refractivity contribution is -0.128. The van der Waals surface area contributed by atoms with Crippen LogP contribution in [0.25, 0.3) is 0 Å². The summed E-state index contributed by atoms with van der Waals surface area (Å²) in [4.78, 5) is 35.8. The van der Waals surface area contributed by atoms with E-state index >= 15 is 0 Å². The standard InChI is InChI=1S/C23H29N3O4/c1-3-30-21-12-10-18(15-16(21)2)25-23(29)20(26-22(28)19(24)13-14-27)11-9-17-7-5-4-6-8-17/h4-8,10,12,14-15,19-20H,3,9,11,13,24H2,1-2H3,(H,25,29)(H,26,28). The van der Waals surface area contributed by atoms with Gasteiger partial charge in [-0.25, -0.2) is 0 Å². The summed E-state index contributed by atoms with van der Waals surface area (Å²) < 4.78 is 5.52. The molecule has 0 aliphatic carbocycles. The van der Waals surface area contributed by atoms with Gasteiger partial charge in [0.2, 0.25) is 11.8 Å². The van der Waals surface area contributed by atoms with Gasteiger partial charge in [-0.05, 0) is 56.0 Å². The molecule has 0 saturated carbocycles. The van der Waals surface area contributed by atoms with Crippen molar-refractivity contribution in [3.63, 3.8) is 0 Å². The number of carbonyl (C=O) groups excluding carboxylic acids is 3. The van der Waals surface area contributed by atoms with Crippen molar-refractivity contribution in [3.05, 3.63) is 59.7 Å². The Labute approximate surface area is 177 Å². The summed E-state index contributed by atoms with van der Waals surface area (Å²) in [5.74, 6) is -0.122. The van der Waals surface area contributed by atoms with Crippen molar-refractivity contribution < 1.29 is 19.1 Å². The molecule has 0 saturated heterocycles. The van der Waals surface area contributed by atoms with E-state index < -0.39 is 18.0 Å². The average molecular weight is 412 g/mol. The number of amides is 2. The number of nitrogens with two attached hydrogens (primary N) is 1. The van der Waals surface area contributed by atoms with E-state index in [1.807, 2.05) is 50.2 Å². The van der Waals surface area contributed by atoms with Gasteiger partial charge in [0.25, 0.3) is 0 Å². The molecular weight excluding hydrogens is 382 g/mol. The number of anilines is 1. The van der Waals surface area contributed by atoms with Crippen molar-refractivity contribution in [2.45, 2.75) is 45.2 Å². The molecule has 7 nitrogen and oxygen atoms in total. The molecule has 2 amide bonds. The topological polar surface area (TPSA) is 111 Å². The second-order valence-corrected chi connectivity index (χ2v) is 7.00. The van der Waals surface area contributed by atoms with Crippen LogP contribution in [0, 0.1) is 6.92 Å². The summed E-state index contributed by atoms with van der Waals surface area (Å²) in [5.41, 5.74) is 8.27. The van der Waals surface area contributed by atoms with Gasteiger partial charge in [0.15, 0.2) is 0 Å². The zero-order chi connectivity index (χ0) is 21.9. The minimum Gasteiger partial charge on any atom is -0.494 e. The second-order valence-electron chi connectivity index (χ2n) is 7.00. The summed E-state index contributed by atoms with van der Waals surface area (Å²) in [6.07, 6.45) is 1.48. The lowest BCUT2D eigenvalue weighted by Gasteiger charge is -2.20. The Kier molecular flexibility index (Phi) is 9.03. The fourth-order valence-electron chi connectivity index (χ4n) is 2.99. The normalized spacial score (nSPS) is 12.5. The highest BCUT2D eigenvalue weighted by molar-refractivity contribution is 5.98. The molecule has 160 valence electrons. The van der Waals surface area contributed by atoms with Crippen LogP contribution in [0.1, 0.15) is 30.9 Å². The number of hydrogen-bond donors (Lipinski definition) is 3. The second kappa shape index (κ2) is 11.7. The maximum atomic E-state index is 12.9. The van der Waals surface area contributed by atoms with Gasteiger partial charge in [-0.15, -0.1) is 0 Å². The zero-order valence-corrected chi connectivity index (χ0v) is 17.4. The van der Waals surface area contributed by atoms with E-state index in [0.29, 0.717) is 31.4 Å². The number of rotatable bonds is 11. The molecule has 30 heavy (non-hydrogen) atoms. The van der Waals surface area contributed by atoms with E-state index in [1.165, 1.54) is 0 Å². The number of nitrogens with one attached hydrogen (secondary N) is 2. The van der Waals surface area contributed by atoms with Crippen molar-refractivity contribution in [1.82, 2.24) is 5.32 Å². The molecule has 4 N–H and O–H groups in total. The minimum atomic E-state index is -0.984. The van der Waals surface area contributed by atoms with Crippen LogP contribution in [0.4, 0.5) is 5.69 Å². The number of aldehydes is 1. The average Bonchev–Trinajstić information content (AvgIpc) is 2.73. The van der Waals surface area contributed by atoms with E-state index in [-0.39, 0.29) is 12.3 Å². The monoisotopic (exact) mass is 411 g/mol. The quantitative estimate of drug-likeness (QED) is 0.492. The Hall–Kier alpha value is -3.19. The van der Waals surface area contributed by atoms with Crippen LogP contribution in [-0.4, -0.2) is 36.8 Å². The molecule has 7 heteroatoms. The maximum absolute atomic E-state index is 12.9. The summed E-state index contributed by atoms with van der Waals surface area (Å²) >= 11 is 0. The van der Waals surface area contributed by atoms with E-state index in [9.17, 15) is 14.4 Å². The van der Waals surface area contributed by atoms with Crippen LogP contribution in [0.5, 0.6) is 5.75 Å². The maximum Gasteiger partial charge on any atom is 0.246 e. The molecule has 0 heterocycles. The number of ether oxygens (including phenoxy) is 1. The van der Waals surface area contributed by atoms with Gasteiger partial charge in [0.1, 0.15) is 18.1 Å². The third kappa shape index (κ3) is 7.00. The first-order valence-electron chi connectivity index (χ1n) is 10.0. The number of hydrogen-bond acceptors (Lipinski definition) is 5. The molecule has 2 atom stereocenters. The molecule has 0 radical (unpaired) electrons. The predicted octanol–water partition coefficient (Wildman–Crippen LogP) is 2.37. The van der Waals surface area contributed by atoms with Gasteiger partial charge >= 0.3 is 0 Å². The fraction of sp³-hybridized carbons (Fsp3) is 0.348. The third-order valence-corrected chi connectivity index (χ3v) is 4.63. The van der Waals surface area contributed by atoms with Gasteiger partial charge in [0, 0.05) is 12.1 Å². The molecule has 0 fully saturated rings. The van der Waals surface area contributed by atoms with Crippen molar-refractivity contribution in [1.29, 1.82) is 0 Å². The smallest absolute Gasteiger partial charge is 0.246 e. The first kappa shape index (κ1) is 23.1. The molecule has 2 unspecified atom stereocenters. The van der Waals surface area contributed by atoms with Gasteiger partial charge in [-0.3, -0.25) is 9.59 Å². The highest BCUT2D eigenvalue weighted by Gasteiger charge is 2.24. The largest absolute Gasteiger partial charge is 0.494 e. The molecule has 2 aromatic carbocycles. The van der Waals surface area contributed by atoms with Crippen molar-refractivity contribution in [2.24, 2.45) is 5.73 Å². The minimum absolute atomic E-state index is 0.100. The first-order chi connectivity index (χ1) is 14.4. The predicted molar refractivity (Wildman–Crippen MR) is 116 cm³/mol. The van der Waals surface area contributed by atoms with Gasteiger partial charge in [0.05, 0.1) is 12.6 Å². The molecule has 0 aliphatic rings. The highest BCUT2D eigenvalue weighted by Crippen LogP contribution is 2.22. The Bertz CT molecular complexity index is 855. The van der Waals surface area contributed by atoms with Crippen molar-refractivity contribution in [2.75, 3.05) is 11.9 Å². The fourth-order valence-corrected chi connectivity index (χ4v) is 2.99. The molecule has 0 aromatic heterocycles. The van der Waals surface area contributed by atoms with Gasteiger partial charge < -0.3 is 25.9 Å². The zero-order valence-electron chi connectivity index (χ0n) is 17.4. The van der Waals surface area contributed by atoms with Gasteiger partial charge in [-0.2, -0.15) is 0 Å². The Morgan fingerprint density at radius 1 is 1.13 bits per heavy atom. The summed E-state index contributed by atoms with van der Waals surface area (Å²) in [6, 6.07) is 13.3.